The number of anilines is 1. The molecule has 14 heavy (non-hydrogen) atoms. The summed E-state index contributed by atoms with van der Waals surface area (Å²) in [5.74, 6) is 0.955. The number of rotatable bonds is 2. The Morgan fingerprint density at radius 1 is 1.50 bits per heavy atom. The molecule has 1 atom stereocenters. The highest BCUT2D eigenvalue weighted by Gasteiger charge is 2.12. The lowest BCUT2D eigenvalue weighted by atomic mass is 9.97. The van der Waals surface area contributed by atoms with Gasteiger partial charge in [0.2, 0.25) is 0 Å². The van der Waals surface area contributed by atoms with Crippen LogP contribution in [0.15, 0.2) is 22.7 Å². The lowest BCUT2D eigenvalue weighted by molar-refractivity contribution is 0.456. The minimum absolute atomic E-state index is 0.477. The number of benzene rings is 1. The lowest BCUT2D eigenvalue weighted by Gasteiger charge is -2.07. The molecule has 2 rings (SSSR count). The number of hydrogen-bond donors (Lipinski definition) is 1. The Balaban J connectivity index is 2.65. The molecule has 0 spiro atoms. The summed E-state index contributed by atoms with van der Waals surface area (Å²) in [5.41, 5.74) is 7.70. The van der Waals surface area contributed by atoms with E-state index in [2.05, 4.69) is 25.1 Å². The fourth-order valence-corrected chi connectivity index (χ4v) is 1.61. The quantitative estimate of drug-likeness (QED) is 0.792. The maximum Gasteiger partial charge on any atom is 0.174 e. The summed E-state index contributed by atoms with van der Waals surface area (Å²) >= 11 is 0. The Morgan fingerprint density at radius 2 is 2.29 bits per heavy atom. The molecule has 1 aromatic heterocycles. The van der Waals surface area contributed by atoms with E-state index in [-0.39, 0.29) is 0 Å². The molecule has 0 aliphatic rings. The third kappa shape index (κ3) is 1.25. The lowest BCUT2D eigenvalue weighted by Crippen LogP contribution is -1.91. The van der Waals surface area contributed by atoms with Crippen molar-refractivity contribution in [1.29, 1.82) is 0 Å². The van der Waals surface area contributed by atoms with E-state index in [9.17, 15) is 0 Å². The number of nitrogens with two attached hydrogens (primary N) is 1. The van der Waals surface area contributed by atoms with Crippen LogP contribution >= 0.6 is 0 Å². The third-order valence-electron chi connectivity index (χ3n) is 2.70. The molecule has 0 bridgehead atoms. The van der Waals surface area contributed by atoms with Gasteiger partial charge in [-0.25, -0.2) is 0 Å². The van der Waals surface area contributed by atoms with Gasteiger partial charge in [-0.15, -0.1) is 0 Å². The van der Waals surface area contributed by atoms with Gasteiger partial charge in [0.1, 0.15) is 0 Å². The first kappa shape index (κ1) is 9.06. The molecular formula is C11H14N2O. The molecule has 0 fully saturated rings. The largest absolute Gasteiger partial charge is 0.380 e. The van der Waals surface area contributed by atoms with E-state index in [0.29, 0.717) is 11.7 Å². The third-order valence-corrected chi connectivity index (χ3v) is 2.70. The molecule has 0 saturated carbocycles. The van der Waals surface area contributed by atoms with E-state index < -0.39 is 0 Å². The fraction of sp³-hybridized carbons (Fsp3) is 0.364. The van der Waals surface area contributed by atoms with Gasteiger partial charge in [-0.2, -0.15) is 0 Å². The predicted molar refractivity (Wildman–Crippen MR) is 57.1 cm³/mol. The van der Waals surface area contributed by atoms with Crippen LogP contribution in [0.4, 0.5) is 5.82 Å². The topological polar surface area (TPSA) is 52.0 Å². The number of hydrogen-bond acceptors (Lipinski definition) is 3. The Kier molecular flexibility index (Phi) is 2.15. The highest BCUT2D eigenvalue weighted by Crippen LogP contribution is 2.29. The van der Waals surface area contributed by atoms with Gasteiger partial charge in [0.15, 0.2) is 11.4 Å². The van der Waals surface area contributed by atoms with Crippen molar-refractivity contribution >= 4 is 16.8 Å². The monoisotopic (exact) mass is 190 g/mol. The highest BCUT2D eigenvalue weighted by molar-refractivity contribution is 5.89. The summed E-state index contributed by atoms with van der Waals surface area (Å²) in [6.07, 6.45) is 1.08. The Morgan fingerprint density at radius 3 is 3.00 bits per heavy atom. The fourth-order valence-electron chi connectivity index (χ4n) is 1.61. The van der Waals surface area contributed by atoms with Crippen molar-refractivity contribution in [2.45, 2.75) is 26.2 Å². The second kappa shape index (κ2) is 3.33. The van der Waals surface area contributed by atoms with Crippen LogP contribution in [0.5, 0.6) is 0 Å². The first-order chi connectivity index (χ1) is 6.74. The van der Waals surface area contributed by atoms with Crippen LogP contribution in [0.2, 0.25) is 0 Å². The van der Waals surface area contributed by atoms with Crippen LogP contribution in [-0.2, 0) is 0 Å². The van der Waals surface area contributed by atoms with Gasteiger partial charge >= 0.3 is 0 Å². The number of nitrogen functional groups attached to an aromatic ring is 1. The molecule has 2 N–H and O–H groups in total. The van der Waals surface area contributed by atoms with Crippen LogP contribution in [0.1, 0.15) is 31.7 Å². The van der Waals surface area contributed by atoms with Crippen molar-refractivity contribution in [3.63, 3.8) is 0 Å². The molecule has 1 unspecified atom stereocenters. The van der Waals surface area contributed by atoms with Crippen molar-refractivity contribution in [2.24, 2.45) is 0 Å². The summed E-state index contributed by atoms with van der Waals surface area (Å²) in [7, 11) is 0. The van der Waals surface area contributed by atoms with Gasteiger partial charge in [0.05, 0.1) is 5.39 Å². The van der Waals surface area contributed by atoms with E-state index in [1.54, 1.807) is 0 Å². The second-order valence-electron chi connectivity index (χ2n) is 3.60. The van der Waals surface area contributed by atoms with Crippen molar-refractivity contribution in [2.75, 3.05) is 5.73 Å². The number of aromatic nitrogens is 1. The standard InChI is InChI=1S/C11H14N2O/c1-3-7(2)8-5-4-6-9-10(8)14-13-11(9)12/h4-7H,3H2,1-2H3,(H2,12,13). The molecule has 0 radical (unpaired) electrons. The van der Waals surface area contributed by atoms with Crippen molar-refractivity contribution in [1.82, 2.24) is 5.16 Å². The minimum atomic E-state index is 0.477. The van der Waals surface area contributed by atoms with Crippen molar-refractivity contribution in [3.05, 3.63) is 23.8 Å². The average molecular weight is 190 g/mol. The number of nitrogens with zero attached hydrogens (tertiary/aromatic N) is 1. The normalized spacial score (nSPS) is 13.3. The van der Waals surface area contributed by atoms with E-state index in [4.69, 9.17) is 10.3 Å². The number of para-hydroxylation sites is 1. The molecule has 3 nitrogen and oxygen atoms in total. The Labute approximate surface area is 82.9 Å². The smallest absolute Gasteiger partial charge is 0.174 e. The Hall–Kier alpha value is -1.51. The van der Waals surface area contributed by atoms with Crippen LogP contribution in [0.25, 0.3) is 11.0 Å². The molecule has 0 saturated heterocycles. The summed E-state index contributed by atoms with van der Waals surface area (Å²) in [4.78, 5) is 0. The Bertz CT molecular complexity index is 447. The zero-order valence-electron chi connectivity index (χ0n) is 8.45. The van der Waals surface area contributed by atoms with Gasteiger partial charge in [-0.3, -0.25) is 0 Å². The van der Waals surface area contributed by atoms with Crippen LogP contribution in [0, 0.1) is 0 Å². The van der Waals surface area contributed by atoms with Crippen molar-refractivity contribution < 1.29 is 4.52 Å². The predicted octanol–water partition coefficient (Wildman–Crippen LogP) is 2.92. The van der Waals surface area contributed by atoms with Gasteiger partial charge < -0.3 is 10.3 Å². The first-order valence-corrected chi connectivity index (χ1v) is 4.87. The zero-order valence-corrected chi connectivity index (χ0v) is 8.45. The van der Waals surface area contributed by atoms with Gasteiger partial charge in [-0.1, -0.05) is 31.1 Å². The maximum atomic E-state index is 5.68. The molecule has 1 heterocycles. The van der Waals surface area contributed by atoms with E-state index in [1.807, 2.05) is 12.1 Å². The highest BCUT2D eigenvalue weighted by atomic mass is 16.5. The van der Waals surface area contributed by atoms with Crippen LogP contribution in [-0.4, -0.2) is 5.16 Å². The first-order valence-electron chi connectivity index (χ1n) is 4.87. The van der Waals surface area contributed by atoms with Crippen molar-refractivity contribution in [3.8, 4) is 0 Å². The van der Waals surface area contributed by atoms with E-state index >= 15 is 0 Å². The molecule has 74 valence electrons. The molecule has 3 heteroatoms. The molecular weight excluding hydrogens is 176 g/mol. The van der Waals surface area contributed by atoms with E-state index in [1.165, 1.54) is 5.56 Å². The summed E-state index contributed by atoms with van der Waals surface area (Å²) in [6, 6.07) is 6.01. The summed E-state index contributed by atoms with van der Waals surface area (Å²) in [6.45, 7) is 4.33. The number of fused-ring (bicyclic) bond motifs is 1. The molecule has 0 amide bonds. The maximum absolute atomic E-state index is 5.68. The summed E-state index contributed by atoms with van der Waals surface area (Å²) in [5, 5.41) is 4.70. The second-order valence-corrected chi connectivity index (χ2v) is 3.60. The SMILES string of the molecule is CCC(C)c1cccc2c(N)noc12. The van der Waals surface area contributed by atoms with Crippen LogP contribution < -0.4 is 5.73 Å². The van der Waals surface area contributed by atoms with E-state index in [0.717, 1.165) is 17.4 Å². The molecule has 0 aliphatic heterocycles. The molecule has 2 aromatic rings. The minimum Gasteiger partial charge on any atom is -0.380 e. The van der Waals surface area contributed by atoms with Gasteiger partial charge in [0.25, 0.3) is 0 Å². The molecule has 1 aromatic carbocycles. The van der Waals surface area contributed by atoms with Crippen LogP contribution in [0.3, 0.4) is 0 Å². The zero-order chi connectivity index (χ0) is 10.1. The molecule has 0 aliphatic carbocycles. The summed E-state index contributed by atoms with van der Waals surface area (Å²) < 4.78 is 5.23. The average Bonchev–Trinajstić information content (AvgIpc) is 2.59. The van der Waals surface area contributed by atoms with Gasteiger partial charge in [0, 0.05) is 5.56 Å². The van der Waals surface area contributed by atoms with Gasteiger partial charge in [-0.05, 0) is 18.4 Å².